The number of rotatable bonds is 9. The highest BCUT2D eigenvalue weighted by atomic mass is 32.2. The number of hydrogen-bond acceptors (Lipinski definition) is 5. The molecule has 1 atom stereocenters. The van der Waals surface area contributed by atoms with Crippen LogP contribution in [0.4, 0.5) is 0 Å². The topological polar surface area (TPSA) is 89.5 Å². The van der Waals surface area contributed by atoms with Gasteiger partial charge in [0.25, 0.3) is 0 Å². The Kier molecular flexibility index (Phi) is 8.78. The van der Waals surface area contributed by atoms with Gasteiger partial charge in [-0.1, -0.05) is 25.7 Å². The maximum absolute atomic E-state index is 13.4. The van der Waals surface area contributed by atoms with Crippen molar-refractivity contribution in [3.8, 4) is 11.8 Å². The van der Waals surface area contributed by atoms with Crippen LogP contribution in [0.5, 0.6) is 5.75 Å². The molecule has 0 aliphatic carbocycles. The molecule has 1 unspecified atom stereocenters. The standard InChI is InChI=1S/C28H38N4O3SSi/c1-19-14-20(2)25(24(15-19)34-6)26(31-36(33)28(3,4)5)27-30-22-11-10-21(17-29)16-23(22)32(27)18-35-12-13-37(7,8)9/h10-11,14-16H,12-13,18H2,1-9H3. The molecule has 0 saturated carbocycles. The second kappa shape index (κ2) is 11.3. The van der Waals surface area contributed by atoms with Crippen LogP contribution >= 0.6 is 0 Å². The van der Waals surface area contributed by atoms with Gasteiger partial charge >= 0.3 is 0 Å². The van der Waals surface area contributed by atoms with E-state index in [1.807, 2.05) is 57.4 Å². The first-order chi connectivity index (χ1) is 17.2. The van der Waals surface area contributed by atoms with Gasteiger partial charge in [-0.15, -0.1) is 0 Å². The van der Waals surface area contributed by atoms with Crippen molar-refractivity contribution < 1.29 is 13.7 Å². The zero-order valence-electron chi connectivity index (χ0n) is 23.4. The van der Waals surface area contributed by atoms with Crippen LogP contribution < -0.4 is 4.74 Å². The van der Waals surface area contributed by atoms with Crippen LogP contribution in [0.3, 0.4) is 0 Å². The molecule has 3 rings (SSSR count). The number of hydrogen-bond donors (Lipinski definition) is 0. The zero-order chi connectivity index (χ0) is 27.5. The minimum absolute atomic E-state index is 0.236. The Bertz CT molecular complexity index is 1390. The molecule has 0 aliphatic heterocycles. The van der Waals surface area contributed by atoms with Crippen LogP contribution in [-0.4, -0.2) is 46.0 Å². The van der Waals surface area contributed by atoms with Crippen molar-refractivity contribution in [3.63, 3.8) is 0 Å². The Hall–Kier alpha value is -2.80. The number of aryl methyl sites for hydroxylation is 2. The fourth-order valence-electron chi connectivity index (χ4n) is 3.85. The smallest absolute Gasteiger partial charge is 0.163 e. The summed E-state index contributed by atoms with van der Waals surface area (Å²) < 4.78 is 31.4. The van der Waals surface area contributed by atoms with Crippen LogP contribution in [0.1, 0.15) is 48.8 Å². The van der Waals surface area contributed by atoms with Crippen LogP contribution in [-0.2, 0) is 22.5 Å². The van der Waals surface area contributed by atoms with Crippen molar-refractivity contribution in [2.24, 2.45) is 4.40 Å². The highest BCUT2D eigenvalue weighted by molar-refractivity contribution is 7.85. The molecule has 9 heteroatoms. The summed E-state index contributed by atoms with van der Waals surface area (Å²) in [5.74, 6) is 1.17. The Balaban J connectivity index is 2.29. The molecule has 3 aromatic rings. The van der Waals surface area contributed by atoms with Crippen LogP contribution in [0, 0.1) is 25.2 Å². The molecule has 0 spiro atoms. The number of benzene rings is 2. The van der Waals surface area contributed by atoms with Gasteiger partial charge in [-0.2, -0.15) is 9.66 Å². The third-order valence-corrected chi connectivity index (χ3v) is 9.00. The molecular weight excluding hydrogens is 500 g/mol. The molecule has 0 N–H and O–H groups in total. The first kappa shape index (κ1) is 28.8. The van der Waals surface area contributed by atoms with Crippen LogP contribution in [0.15, 0.2) is 34.7 Å². The monoisotopic (exact) mass is 538 g/mol. The number of ether oxygens (including phenoxy) is 2. The van der Waals surface area contributed by atoms with Crippen molar-refractivity contribution in [2.75, 3.05) is 13.7 Å². The third kappa shape index (κ3) is 6.95. The van der Waals surface area contributed by atoms with Crippen molar-refractivity contribution in [1.82, 2.24) is 9.55 Å². The lowest BCUT2D eigenvalue weighted by Gasteiger charge is -2.20. The predicted octanol–water partition coefficient (Wildman–Crippen LogP) is 6.15. The fraction of sp³-hybridized carbons (Fsp3) is 0.464. The maximum atomic E-state index is 13.4. The molecule has 37 heavy (non-hydrogen) atoms. The van der Waals surface area contributed by atoms with Gasteiger partial charge in [-0.25, -0.2) is 9.19 Å². The summed E-state index contributed by atoms with van der Waals surface area (Å²) in [6.07, 6.45) is 0. The Labute approximate surface area is 224 Å². The normalized spacial score (nSPS) is 13.6. The van der Waals surface area contributed by atoms with Gasteiger partial charge < -0.3 is 9.47 Å². The number of aromatic nitrogens is 2. The van der Waals surface area contributed by atoms with Crippen molar-refractivity contribution >= 4 is 35.8 Å². The first-order valence-electron chi connectivity index (χ1n) is 12.4. The van der Waals surface area contributed by atoms with Crippen LogP contribution in [0.25, 0.3) is 11.0 Å². The number of nitriles is 1. The molecular formula is C28H38N4O3SSi. The van der Waals surface area contributed by atoms with Crippen LogP contribution in [0.2, 0.25) is 25.7 Å². The molecule has 2 aromatic carbocycles. The Morgan fingerprint density at radius 1 is 1.19 bits per heavy atom. The van der Waals surface area contributed by atoms with E-state index in [4.69, 9.17) is 18.9 Å². The SMILES string of the molecule is COc1cc(C)cc(C)c1C(=NS(=O)C(C)(C)C)c1nc2ccc(C#N)cc2n1COCC[Si](C)(C)C. The second-order valence-electron chi connectivity index (χ2n) is 11.5. The summed E-state index contributed by atoms with van der Waals surface area (Å²) in [5.41, 5.74) is 5.22. The Morgan fingerprint density at radius 2 is 1.89 bits per heavy atom. The largest absolute Gasteiger partial charge is 0.496 e. The summed E-state index contributed by atoms with van der Waals surface area (Å²) in [6.45, 7) is 17.5. The van der Waals surface area contributed by atoms with Crippen molar-refractivity contribution in [2.45, 2.75) is 71.8 Å². The summed E-state index contributed by atoms with van der Waals surface area (Å²) in [6, 6.07) is 12.6. The molecule has 1 aromatic heterocycles. The number of nitrogens with zero attached hydrogens (tertiary/aromatic N) is 4. The molecule has 198 valence electrons. The molecule has 0 radical (unpaired) electrons. The van der Waals surface area contributed by atoms with E-state index in [0.29, 0.717) is 35.0 Å². The average Bonchev–Trinajstić information content (AvgIpc) is 3.16. The van der Waals surface area contributed by atoms with E-state index < -0.39 is 23.8 Å². The number of imidazole rings is 1. The predicted molar refractivity (Wildman–Crippen MR) is 155 cm³/mol. The van der Waals surface area contributed by atoms with E-state index in [9.17, 15) is 9.47 Å². The summed E-state index contributed by atoms with van der Waals surface area (Å²) >= 11 is 0. The highest BCUT2D eigenvalue weighted by Gasteiger charge is 2.27. The molecule has 1 heterocycles. The summed E-state index contributed by atoms with van der Waals surface area (Å²) in [4.78, 5) is 4.93. The van der Waals surface area contributed by atoms with Gasteiger partial charge in [0, 0.05) is 20.2 Å². The van der Waals surface area contributed by atoms with Crippen molar-refractivity contribution in [3.05, 3.63) is 58.4 Å². The Morgan fingerprint density at radius 3 is 2.49 bits per heavy atom. The summed E-state index contributed by atoms with van der Waals surface area (Å²) in [7, 11) is -1.21. The van der Waals surface area contributed by atoms with Gasteiger partial charge in [-0.05, 0) is 76.1 Å². The van der Waals surface area contributed by atoms with Gasteiger partial charge in [0.1, 0.15) is 29.2 Å². The lowest BCUT2D eigenvalue weighted by atomic mass is 9.99. The molecule has 0 bridgehead atoms. The quantitative estimate of drug-likeness (QED) is 0.185. The van der Waals surface area contributed by atoms with E-state index in [1.54, 1.807) is 13.2 Å². The molecule has 0 amide bonds. The van der Waals surface area contributed by atoms with Gasteiger partial charge in [-0.3, -0.25) is 4.57 Å². The number of methoxy groups -OCH3 is 1. The zero-order valence-corrected chi connectivity index (χ0v) is 25.2. The minimum atomic E-state index is -1.56. The average molecular weight is 539 g/mol. The third-order valence-electron chi connectivity index (χ3n) is 5.90. The molecule has 0 saturated heterocycles. The molecule has 0 aliphatic rings. The fourth-order valence-corrected chi connectivity index (χ4v) is 5.22. The number of fused-ring (bicyclic) bond motifs is 1. The van der Waals surface area contributed by atoms with E-state index in [2.05, 4.69) is 31.8 Å². The molecule has 0 fully saturated rings. The van der Waals surface area contributed by atoms with Crippen molar-refractivity contribution in [1.29, 1.82) is 5.26 Å². The van der Waals surface area contributed by atoms with Gasteiger partial charge in [0.05, 0.1) is 34.5 Å². The second-order valence-corrected chi connectivity index (χ2v) is 19.0. The van der Waals surface area contributed by atoms with E-state index in [0.717, 1.165) is 28.3 Å². The van der Waals surface area contributed by atoms with E-state index in [-0.39, 0.29) is 6.73 Å². The molecule has 7 nitrogen and oxygen atoms in total. The van der Waals surface area contributed by atoms with Gasteiger partial charge in [0.15, 0.2) is 5.82 Å². The lowest BCUT2D eigenvalue weighted by molar-refractivity contribution is 0.0895. The van der Waals surface area contributed by atoms with E-state index >= 15 is 0 Å². The lowest BCUT2D eigenvalue weighted by Crippen LogP contribution is -2.24. The minimum Gasteiger partial charge on any atom is -0.496 e. The van der Waals surface area contributed by atoms with Gasteiger partial charge in [0.2, 0.25) is 0 Å². The van der Waals surface area contributed by atoms with E-state index in [1.165, 1.54) is 0 Å². The summed E-state index contributed by atoms with van der Waals surface area (Å²) in [5, 5.41) is 9.54. The first-order valence-corrected chi connectivity index (χ1v) is 17.2. The maximum Gasteiger partial charge on any atom is 0.163 e. The highest BCUT2D eigenvalue weighted by Crippen LogP contribution is 2.30.